The standard InChI is InChI=1S/C13H22N4O2/c1-10-8-15-13(19-10)11(2)14-9-12(18)17-6-4-16(3)5-7-17/h8,11,14H,4-7,9H2,1-3H3. The van der Waals surface area contributed by atoms with E-state index in [1.165, 1.54) is 0 Å². The van der Waals surface area contributed by atoms with E-state index in [9.17, 15) is 4.79 Å². The van der Waals surface area contributed by atoms with Crippen molar-refractivity contribution in [3.8, 4) is 0 Å². The van der Waals surface area contributed by atoms with Gasteiger partial charge in [0.25, 0.3) is 0 Å². The Morgan fingerprint density at radius 1 is 1.47 bits per heavy atom. The quantitative estimate of drug-likeness (QED) is 0.855. The Balaban J connectivity index is 1.77. The van der Waals surface area contributed by atoms with Crippen molar-refractivity contribution in [2.75, 3.05) is 39.8 Å². The van der Waals surface area contributed by atoms with E-state index in [0.717, 1.165) is 31.9 Å². The highest BCUT2D eigenvalue weighted by molar-refractivity contribution is 5.78. The second-order valence-electron chi connectivity index (χ2n) is 5.10. The monoisotopic (exact) mass is 266 g/mol. The third kappa shape index (κ3) is 3.78. The zero-order valence-electron chi connectivity index (χ0n) is 11.8. The van der Waals surface area contributed by atoms with Gasteiger partial charge < -0.3 is 14.2 Å². The highest BCUT2D eigenvalue weighted by Crippen LogP contribution is 2.11. The second kappa shape index (κ2) is 6.16. The van der Waals surface area contributed by atoms with E-state index < -0.39 is 0 Å². The van der Waals surface area contributed by atoms with E-state index in [-0.39, 0.29) is 11.9 Å². The van der Waals surface area contributed by atoms with Crippen LogP contribution in [0.1, 0.15) is 24.6 Å². The fourth-order valence-corrected chi connectivity index (χ4v) is 2.07. The van der Waals surface area contributed by atoms with Crippen LogP contribution in [0, 0.1) is 6.92 Å². The van der Waals surface area contributed by atoms with E-state index in [1.807, 2.05) is 18.7 Å². The summed E-state index contributed by atoms with van der Waals surface area (Å²) < 4.78 is 5.43. The molecule has 1 atom stereocenters. The molecule has 19 heavy (non-hydrogen) atoms. The summed E-state index contributed by atoms with van der Waals surface area (Å²) >= 11 is 0. The molecule has 1 saturated heterocycles. The van der Waals surface area contributed by atoms with Crippen molar-refractivity contribution < 1.29 is 9.21 Å². The third-order valence-electron chi connectivity index (χ3n) is 3.43. The molecule has 0 aliphatic carbocycles. The van der Waals surface area contributed by atoms with Crippen molar-refractivity contribution in [3.63, 3.8) is 0 Å². The predicted molar refractivity (Wildman–Crippen MR) is 71.7 cm³/mol. The van der Waals surface area contributed by atoms with E-state index in [0.29, 0.717) is 12.4 Å². The predicted octanol–water partition coefficient (Wildman–Crippen LogP) is 0.408. The molecule has 0 aromatic carbocycles. The molecule has 0 radical (unpaired) electrons. The molecule has 1 fully saturated rings. The molecule has 0 bridgehead atoms. The number of aryl methyl sites for hydroxylation is 1. The Labute approximate surface area is 113 Å². The van der Waals surface area contributed by atoms with Gasteiger partial charge in [-0.05, 0) is 20.9 Å². The molecule has 1 amide bonds. The first-order valence-electron chi connectivity index (χ1n) is 6.68. The van der Waals surface area contributed by atoms with Crippen LogP contribution in [0.2, 0.25) is 0 Å². The van der Waals surface area contributed by atoms with Crippen molar-refractivity contribution in [2.45, 2.75) is 19.9 Å². The first-order valence-corrected chi connectivity index (χ1v) is 6.68. The number of oxazole rings is 1. The number of rotatable bonds is 4. The smallest absolute Gasteiger partial charge is 0.236 e. The van der Waals surface area contributed by atoms with Crippen molar-refractivity contribution in [2.24, 2.45) is 0 Å². The molecule has 2 heterocycles. The van der Waals surface area contributed by atoms with Crippen LogP contribution in [0.25, 0.3) is 0 Å². The number of hydrogen-bond acceptors (Lipinski definition) is 5. The zero-order valence-corrected chi connectivity index (χ0v) is 11.8. The summed E-state index contributed by atoms with van der Waals surface area (Å²) in [6.45, 7) is 7.64. The Bertz CT molecular complexity index is 424. The third-order valence-corrected chi connectivity index (χ3v) is 3.43. The summed E-state index contributed by atoms with van der Waals surface area (Å²) in [4.78, 5) is 20.3. The number of carbonyl (C=O) groups excluding carboxylic acids is 1. The number of amides is 1. The molecular weight excluding hydrogens is 244 g/mol. The fraction of sp³-hybridized carbons (Fsp3) is 0.692. The van der Waals surface area contributed by atoms with Gasteiger partial charge in [-0.2, -0.15) is 0 Å². The number of aromatic nitrogens is 1. The molecule has 6 heteroatoms. The maximum atomic E-state index is 12.0. The number of piperazine rings is 1. The lowest BCUT2D eigenvalue weighted by Crippen LogP contribution is -2.49. The molecule has 1 aliphatic heterocycles. The van der Waals surface area contributed by atoms with Gasteiger partial charge >= 0.3 is 0 Å². The molecule has 1 N–H and O–H groups in total. The topological polar surface area (TPSA) is 61.6 Å². The Hall–Kier alpha value is -1.40. The number of likely N-dealkylation sites (N-methyl/N-ethyl adjacent to an activating group) is 1. The largest absolute Gasteiger partial charge is 0.444 e. The highest BCUT2D eigenvalue weighted by atomic mass is 16.4. The van der Waals surface area contributed by atoms with E-state index in [2.05, 4.69) is 22.2 Å². The average Bonchev–Trinajstić information content (AvgIpc) is 2.83. The highest BCUT2D eigenvalue weighted by Gasteiger charge is 2.20. The van der Waals surface area contributed by atoms with Crippen LogP contribution in [-0.2, 0) is 4.79 Å². The lowest BCUT2D eigenvalue weighted by atomic mass is 10.3. The van der Waals surface area contributed by atoms with Gasteiger partial charge in [0.05, 0.1) is 18.8 Å². The molecule has 6 nitrogen and oxygen atoms in total. The van der Waals surface area contributed by atoms with Gasteiger partial charge in [-0.25, -0.2) is 4.98 Å². The van der Waals surface area contributed by atoms with Crippen LogP contribution in [-0.4, -0.2) is 60.5 Å². The Kier molecular flexibility index (Phi) is 4.55. The zero-order chi connectivity index (χ0) is 13.8. The molecule has 0 saturated carbocycles. The van der Waals surface area contributed by atoms with Crippen LogP contribution >= 0.6 is 0 Å². The molecule has 1 aromatic rings. The van der Waals surface area contributed by atoms with Crippen LogP contribution in [0.4, 0.5) is 0 Å². The van der Waals surface area contributed by atoms with E-state index >= 15 is 0 Å². The summed E-state index contributed by atoms with van der Waals surface area (Å²) in [6, 6.07) is -0.0508. The number of nitrogens with one attached hydrogen (secondary N) is 1. The Morgan fingerprint density at radius 2 is 2.16 bits per heavy atom. The van der Waals surface area contributed by atoms with Crippen molar-refractivity contribution in [3.05, 3.63) is 17.8 Å². The first kappa shape index (κ1) is 14.0. The Morgan fingerprint density at radius 3 is 2.74 bits per heavy atom. The van der Waals surface area contributed by atoms with Crippen molar-refractivity contribution >= 4 is 5.91 Å². The molecule has 106 valence electrons. The molecule has 1 unspecified atom stereocenters. The molecular formula is C13H22N4O2. The lowest BCUT2D eigenvalue weighted by molar-refractivity contribution is -0.131. The molecule has 2 rings (SSSR count). The first-order chi connectivity index (χ1) is 9.06. The molecule has 0 spiro atoms. The van der Waals surface area contributed by atoms with Gasteiger partial charge in [0, 0.05) is 26.2 Å². The van der Waals surface area contributed by atoms with Crippen LogP contribution < -0.4 is 5.32 Å². The van der Waals surface area contributed by atoms with Crippen molar-refractivity contribution in [1.82, 2.24) is 20.1 Å². The van der Waals surface area contributed by atoms with Gasteiger partial charge in [0.1, 0.15) is 5.76 Å². The van der Waals surface area contributed by atoms with E-state index in [1.54, 1.807) is 6.20 Å². The summed E-state index contributed by atoms with van der Waals surface area (Å²) in [5, 5.41) is 3.16. The molecule has 1 aliphatic rings. The van der Waals surface area contributed by atoms with Gasteiger partial charge in [-0.3, -0.25) is 10.1 Å². The van der Waals surface area contributed by atoms with Gasteiger partial charge in [-0.15, -0.1) is 0 Å². The van der Waals surface area contributed by atoms with Gasteiger partial charge in [0.2, 0.25) is 11.8 Å². The minimum Gasteiger partial charge on any atom is -0.444 e. The van der Waals surface area contributed by atoms with Crippen LogP contribution in [0.15, 0.2) is 10.6 Å². The van der Waals surface area contributed by atoms with Crippen LogP contribution in [0.5, 0.6) is 0 Å². The van der Waals surface area contributed by atoms with Crippen molar-refractivity contribution in [1.29, 1.82) is 0 Å². The number of carbonyl (C=O) groups is 1. The second-order valence-corrected chi connectivity index (χ2v) is 5.10. The maximum Gasteiger partial charge on any atom is 0.236 e. The normalized spacial score (nSPS) is 18.6. The minimum atomic E-state index is -0.0508. The summed E-state index contributed by atoms with van der Waals surface area (Å²) in [7, 11) is 2.08. The average molecular weight is 266 g/mol. The number of nitrogens with zero attached hydrogens (tertiary/aromatic N) is 3. The summed E-state index contributed by atoms with van der Waals surface area (Å²) in [6.07, 6.45) is 1.69. The minimum absolute atomic E-state index is 0.0508. The molecule has 1 aromatic heterocycles. The number of hydrogen-bond donors (Lipinski definition) is 1. The van der Waals surface area contributed by atoms with Gasteiger partial charge in [0.15, 0.2) is 0 Å². The van der Waals surface area contributed by atoms with E-state index in [4.69, 9.17) is 4.42 Å². The van der Waals surface area contributed by atoms with Gasteiger partial charge in [-0.1, -0.05) is 0 Å². The summed E-state index contributed by atoms with van der Waals surface area (Å²) in [5.74, 6) is 1.56. The SMILES string of the molecule is Cc1cnc(C(C)NCC(=O)N2CCN(C)CC2)o1. The maximum absolute atomic E-state index is 12.0. The fourth-order valence-electron chi connectivity index (χ4n) is 2.07. The lowest BCUT2D eigenvalue weighted by Gasteiger charge is -2.32. The summed E-state index contributed by atoms with van der Waals surface area (Å²) in [5.41, 5.74) is 0. The van der Waals surface area contributed by atoms with Crippen LogP contribution in [0.3, 0.4) is 0 Å².